The van der Waals surface area contributed by atoms with E-state index in [0.717, 1.165) is 0 Å². The Bertz CT molecular complexity index is 728. The maximum absolute atomic E-state index is 13.1. The Morgan fingerprint density at radius 3 is 2.59 bits per heavy atom. The van der Waals surface area contributed by atoms with Gasteiger partial charge in [-0.3, -0.25) is 0 Å². The van der Waals surface area contributed by atoms with E-state index in [2.05, 4.69) is 14.7 Å². The molecule has 0 aromatic carbocycles. The minimum atomic E-state index is -3.43. The Morgan fingerprint density at radius 2 is 1.95 bits per heavy atom. The molecule has 2 aromatic rings. The molecule has 7 nitrogen and oxygen atoms in total. The van der Waals surface area contributed by atoms with Crippen LogP contribution in [0.3, 0.4) is 0 Å². The van der Waals surface area contributed by atoms with Crippen molar-refractivity contribution in [3.05, 3.63) is 42.2 Å². The van der Waals surface area contributed by atoms with Gasteiger partial charge in [-0.05, 0) is 12.1 Å². The highest BCUT2D eigenvalue weighted by Gasteiger charge is 2.28. The number of piperazine rings is 1. The molecule has 1 aliphatic heterocycles. The second kappa shape index (κ2) is 6.01. The monoisotopic (exact) mass is 326 g/mol. The standard InChI is InChI=1S/C13H15FN4O3S/c14-12-2-1-3-13(15-12)17-5-7-18(8-6-17)22(19,20)10-11-4-9-21-16-11/h1-4,9H,5-8,10H2. The molecule has 0 atom stereocenters. The van der Waals surface area contributed by atoms with Crippen LogP contribution in [0.25, 0.3) is 0 Å². The lowest BCUT2D eigenvalue weighted by atomic mass is 10.3. The minimum absolute atomic E-state index is 0.179. The first-order valence-corrected chi connectivity index (χ1v) is 8.40. The lowest BCUT2D eigenvalue weighted by Gasteiger charge is -2.34. The summed E-state index contributed by atoms with van der Waals surface area (Å²) in [7, 11) is -3.43. The molecule has 0 bridgehead atoms. The molecule has 0 radical (unpaired) electrons. The molecule has 3 rings (SSSR count). The SMILES string of the molecule is O=S(=O)(Cc1ccon1)N1CCN(c2cccc(F)n2)CC1. The average Bonchev–Trinajstić information content (AvgIpc) is 2.99. The quantitative estimate of drug-likeness (QED) is 0.776. The molecule has 0 amide bonds. The molecule has 3 heterocycles. The molecule has 0 unspecified atom stereocenters. The zero-order chi connectivity index (χ0) is 15.6. The third-order valence-corrected chi connectivity index (χ3v) is 5.29. The van der Waals surface area contributed by atoms with Crippen molar-refractivity contribution in [3.8, 4) is 0 Å². The van der Waals surface area contributed by atoms with Gasteiger partial charge in [-0.1, -0.05) is 11.2 Å². The van der Waals surface area contributed by atoms with Gasteiger partial charge in [-0.25, -0.2) is 13.4 Å². The van der Waals surface area contributed by atoms with Crippen LogP contribution in [-0.4, -0.2) is 49.0 Å². The van der Waals surface area contributed by atoms with Gasteiger partial charge in [0.15, 0.2) is 0 Å². The van der Waals surface area contributed by atoms with Crippen LogP contribution in [0.4, 0.5) is 10.2 Å². The van der Waals surface area contributed by atoms with Crippen LogP contribution in [0.2, 0.25) is 0 Å². The summed E-state index contributed by atoms with van der Waals surface area (Å²) in [5, 5.41) is 3.63. The highest BCUT2D eigenvalue weighted by molar-refractivity contribution is 7.88. The summed E-state index contributed by atoms with van der Waals surface area (Å²) in [4.78, 5) is 5.68. The zero-order valence-electron chi connectivity index (χ0n) is 11.7. The van der Waals surface area contributed by atoms with E-state index in [4.69, 9.17) is 0 Å². The maximum atomic E-state index is 13.1. The average molecular weight is 326 g/mol. The number of hydrogen-bond acceptors (Lipinski definition) is 6. The van der Waals surface area contributed by atoms with Crippen LogP contribution in [0.15, 0.2) is 35.1 Å². The van der Waals surface area contributed by atoms with Crippen LogP contribution >= 0.6 is 0 Å². The molecule has 0 N–H and O–H groups in total. The van der Waals surface area contributed by atoms with Crippen molar-refractivity contribution in [1.29, 1.82) is 0 Å². The summed E-state index contributed by atoms with van der Waals surface area (Å²) >= 11 is 0. The number of halogens is 1. The number of rotatable bonds is 4. The van der Waals surface area contributed by atoms with Gasteiger partial charge < -0.3 is 9.42 Å². The van der Waals surface area contributed by atoms with Gasteiger partial charge in [0.25, 0.3) is 0 Å². The molecule has 2 aromatic heterocycles. The van der Waals surface area contributed by atoms with Crippen LogP contribution in [0, 0.1) is 5.95 Å². The third kappa shape index (κ3) is 3.25. The summed E-state index contributed by atoms with van der Waals surface area (Å²) < 4.78 is 43.8. The van der Waals surface area contributed by atoms with Gasteiger partial charge >= 0.3 is 0 Å². The lowest BCUT2D eigenvalue weighted by Crippen LogP contribution is -2.49. The molecule has 0 spiro atoms. The largest absolute Gasteiger partial charge is 0.364 e. The van der Waals surface area contributed by atoms with Crippen LogP contribution in [-0.2, 0) is 15.8 Å². The van der Waals surface area contributed by atoms with Crippen molar-refractivity contribution in [2.24, 2.45) is 0 Å². The Labute approximate surface area is 127 Å². The maximum Gasteiger partial charge on any atom is 0.220 e. The molecule has 22 heavy (non-hydrogen) atoms. The third-order valence-electron chi connectivity index (χ3n) is 3.48. The number of pyridine rings is 1. The van der Waals surface area contributed by atoms with E-state index in [-0.39, 0.29) is 5.75 Å². The first kappa shape index (κ1) is 14.9. The van der Waals surface area contributed by atoms with Gasteiger partial charge in [0.2, 0.25) is 16.0 Å². The van der Waals surface area contributed by atoms with E-state index in [1.807, 2.05) is 4.90 Å². The molecular weight excluding hydrogens is 311 g/mol. The predicted molar refractivity (Wildman–Crippen MR) is 77.1 cm³/mol. The summed E-state index contributed by atoms with van der Waals surface area (Å²) in [5.41, 5.74) is 0.384. The fourth-order valence-electron chi connectivity index (χ4n) is 2.36. The highest BCUT2D eigenvalue weighted by atomic mass is 32.2. The Kier molecular flexibility index (Phi) is 4.08. The van der Waals surface area contributed by atoms with E-state index in [1.54, 1.807) is 12.1 Å². The number of hydrogen-bond donors (Lipinski definition) is 0. The van der Waals surface area contributed by atoms with Crippen molar-refractivity contribution in [2.45, 2.75) is 5.75 Å². The molecule has 1 aliphatic rings. The Hall–Kier alpha value is -2.00. The molecule has 118 valence electrons. The fourth-order valence-corrected chi connectivity index (χ4v) is 3.78. The second-order valence-electron chi connectivity index (χ2n) is 4.95. The predicted octanol–water partition coefficient (Wildman–Crippen LogP) is 0.861. The Morgan fingerprint density at radius 1 is 1.18 bits per heavy atom. The van der Waals surface area contributed by atoms with Crippen LogP contribution in [0.1, 0.15) is 5.69 Å². The summed E-state index contributed by atoms with van der Waals surface area (Å²) in [6.07, 6.45) is 1.35. The normalized spacial score (nSPS) is 16.9. The summed E-state index contributed by atoms with van der Waals surface area (Å²) in [6, 6.07) is 6.11. The van der Waals surface area contributed by atoms with Crippen LogP contribution < -0.4 is 4.90 Å². The van der Waals surface area contributed by atoms with E-state index < -0.39 is 16.0 Å². The molecule has 0 aliphatic carbocycles. The zero-order valence-corrected chi connectivity index (χ0v) is 12.5. The fraction of sp³-hybridized carbons (Fsp3) is 0.385. The molecule has 9 heteroatoms. The molecular formula is C13H15FN4O3S. The first-order chi connectivity index (χ1) is 10.5. The molecule has 0 saturated carbocycles. The van der Waals surface area contributed by atoms with E-state index in [1.165, 1.54) is 22.7 Å². The van der Waals surface area contributed by atoms with Crippen LogP contribution in [0.5, 0.6) is 0 Å². The molecule has 1 saturated heterocycles. The van der Waals surface area contributed by atoms with Crippen molar-refractivity contribution >= 4 is 15.8 Å². The lowest BCUT2D eigenvalue weighted by molar-refractivity contribution is 0.380. The van der Waals surface area contributed by atoms with Crippen molar-refractivity contribution in [1.82, 2.24) is 14.4 Å². The van der Waals surface area contributed by atoms with Gasteiger partial charge in [0.1, 0.15) is 17.8 Å². The highest BCUT2D eigenvalue weighted by Crippen LogP contribution is 2.17. The number of aromatic nitrogens is 2. The summed E-state index contributed by atoms with van der Waals surface area (Å²) in [6.45, 7) is 1.60. The van der Waals surface area contributed by atoms with Gasteiger partial charge in [0.05, 0.1) is 5.69 Å². The van der Waals surface area contributed by atoms with E-state index >= 15 is 0 Å². The topological polar surface area (TPSA) is 79.5 Å². The summed E-state index contributed by atoms with van der Waals surface area (Å²) in [5.74, 6) is -0.200. The van der Waals surface area contributed by atoms with Crippen molar-refractivity contribution < 1.29 is 17.3 Å². The first-order valence-electron chi connectivity index (χ1n) is 6.79. The van der Waals surface area contributed by atoms with Crippen molar-refractivity contribution in [3.63, 3.8) is 0 Å². The van der Waals surface area contributed by atoms with Crippen molar-refractivity contribution in [2.75, 3.05) is 31.1 Å². The van der Waals surface area contributed by atoms with Gasteiger partial charge in [0, 0.05) is 32.2 Å². The second-order valence-corrected chi connectivity index (χ2v) is 6.92. The smallest absolute Gasteiger partial charge is 0.220 e. The van der Waals surface area contributed by atoms with Gasteiger partial charge in [-0.15, -0.1) is 0 Å². The van der Waals surface area contributed by atoms with E-state index in [0.29, 0.717) is 37.7 Å². The Balaban J connectivity index is 1.64. The van der Waals surface area contributed by atoms with Gasteiger partial charge in [-0.2, -0.15) is 8.70 Å². The van der Waals surface area contributed by atoms with E-state index in [9.17, 15) is 12.8 Å². The number of sulfonamides is 1. The number of anilines is 1. The minimum Gasteiger partial charge on any atom is -0.364 e. The number of nitrogens with zero attached hydrogens (tertiary/aromatic N) is 4. The molecule has 1 fully saturated rings.